The van der Waals surface area contributed by atoms with Crippen molar-refractivity contribution in [3.63, 3.8) is 0 Å². The standard InChI is InChI=1S/C30H33N3O8/c1-12-15-10-11-16(13-6-8-14(9-7-13)32(2)3)23(34)18(15)24(35)19-17(12)25(36)21-22(33(4)5)26(37)20(29(31)40)28(39)30(21,41)27(19)38/h6-12,17,21-22,25,34,36-38,41H,1-5H3,(H2,31,40)/t12-,17+,21+,22-,25-,30-/m0/s1. The van der Waals surface area contributed by atoms with Crippen LogP contribution in [0.2, 0.25) is 0 Å². The molecule has 0 fully saturated rings. The average molecular weight is 564 g/mol. The summed E-state index contributed by atoms with van der Waals surface area (Å²) in [5.74, 6) is -9.09. The third-order valence-corrected chi connectivity index (χ3v) is 8.83. The fourth-order valence-corrected chi connectivity index (χ4v) is 6.79. The average Bonchev–Trinajstić information content (AvgIpc) is 2.90. The summed E-state index contributed by atoms with van der Waals surface area (Å²) >= 11 is 0. The summed E-state index contributed by atoms with van der Waals surface area (Å²) in [4.78, 5) is 43.0. The number of ketones is 2. The van der Waals surface area contributed by atoms with Gasteiger partial charge in [-0.1, -0.05) is 31.2 Å². The van der Waals surface area contributed by atoms with Gasteiger partial charge in [0.25, 0.3) is 5.91 Å². The molecule has 0 heterocycles. The van der Waals surface area contributed by atoms with Gasteiger partial charge in [0.2, 0.25) is 5.78 Å². The van der Waals surface area contributed by atoms with Gasteiger partial charge in [-0.05, 0) is 43.3 Å². The molecule has 2 aromatic carbocycles. The number of aromatic hydroxyl groups is 1. The molecule has 11 nitrogen and oxygen atoms in total. The van der Waals surface area contributed by atoms with E-state index in [9.17, 15) is 39.9 Å². The Hall–Kier alpha value is -4.19. The number of nitrogens with two attached hydrogens (primary N) is 1. The molecule has 3 aliphatic carbocycles. The van der Waals surface area contributed by atoms with Crippen LogP contribution in [0.15, 0.2) is 59.1 Å². The maximum absolute atomic E-state index is 14.0. The van der Waals surface area contributed by atoms with Gasteiger partial charge in [0, 0.05) is 36.8 Å². The molecule has 0 unspecified atom stereocenters. The summed E-state index contributed by atoms with van der Waals surface area (Å²) in [6.07, 6.45) is -1.63. The summed E-state index contributed by atoms with van der Waals surface area (Å²) < 4.78 is 0. The van der Waals surface area contributed by atoms with Crippen LogP contribution >= 0.6 is 0 Å². The van der Waals surface area contributed by atoms with Gasteiger partial charge in [0.15, 0.2) is 11.4 Å². The predicted octanol–water partition coefficient (Wildman–Crippen LogP) is 1.39. The Labute approximate surface area is 236 Å². The molecule has 0 saturated carbocycles. The molecular weight excluding hydrogens is 530 g/mol. The molecule has 5 rings (SSSR count). The number of hydrogen-bond acceptors (Lipinski definition) is 10. The number of primary amides is 1. The Morgan fingerprint density at radius 1 is 0.976 bits per heavy atom. The van der Waals surface area contributed by atoms with Gasteiger partial charge in [-0.15, -0.1) is 0 Å². The van der Waals surface area contributed by atoms with Crippen LogP contribution in [0.1, 0.15) is 28.8 Å². The minimum atomic E-state index is -2.95. The molecule has 6 atom stereocenters. The highest BCUT2D eigenvalue weighted by Crippen LogP contribution is 2.56. The number of likely N-dealkylation sites (N-methyl/N-ethyl adjacent to an activating group) is 1. The van der Waals surface area contributed by atoms with Crippen molar-refractivity contribution in [1.29, 1.82) is 0 Å². The maximum Gasteiger partial charge on any atom is 0.255 e. The van der Waals surface area contributed by atoms with E-state index in [4.69, 9.17) is 5.73 Å². The number of aliphatic hydroxyl groups is 4. The van der Waals surface area contributed by atoms with Crippen molar-refractivity contribution in [3.8, 4) is 16.9 Å². The third kappa shape index (κ3) is 3.73. The number of Topliss-reactive ketones (excluding diaryl/α,β-unsaturated/α-hetero) is 2. The molecular formula is C30H33N3O8. The zero-order valence-corrected chi connectivity index (χ0v) is 23.3. The van der Waals surface area contributed by atoms with Crippen LogP contribution in [-0.2, 0) is 9.59 Å². The lowest BCUT2D eigenvalue weighted by Crippen LogP contribution is -2.68. The highest BCUT2D eigenvalue weighted by Gasteiger charge is 2.67. The minimum Gasteiger partial charge on any atom is -0.510 e. The lowest BCUT2D eigenvalue weighted by Gasteiger charge is -2.53. The Morgan fingerprint density at radius 3 is 2.12 bits per heavy atom. The first-order valence-corrected chi connectivity index (χ1v) is 13.1. The molecule has 1 amide bonds. The zero-order valence-electron chi connectivity index (χ0n) is 23.3. The van der Waals surface area contributed by atoms with Gasteiger partial charge in [-0.2, -0.15) is 0 Å². The Bertz CT molecular complexity index is 1560. The van der Waals surface area contributed by atoms with Gasteiger partial charge in [-0.25, -0.2) is 0 Å². The number of benzene rings is 2. The third-order valence-electron chi connectivity index (χ3n) is 8.83. The SMILES string of the molecule is C[C@H]1c2ccc(-c3ccc(N(C)C)cc3)c(O)c2C(=O)C2=C(O)[C@]3(O)C(=O)C(C(N)=O)=C(O)[C@@H](N(C)C)[C@@H]3[C@@H](O)[C@@H]21. The molecule has 3 aliphatic rings. The normalized spacial score (nSPS) is 29.3. The van der Waals surface area contributed by atoms with Crippen LogP contribution in [0.4, 0.5) is 5.69 Å². The van der Waals surface area contributed by atoms with E-state index in [-0.39, 0.29) is 11.3 Å². The van der Waals surface area contributed by atoms with E-state index in [1.165, 1.54) is 19.0 Å². The number of anilines is 1. The quantitative estimate of drug-likeness (QED) is 0.297. The highest BCUT2D eigenvalue weighted by atomic mass is 16.4. The molecule has 0 radical (unpaired) electrons. The van der Waals surface area contributed by atoms with Gasteiger partial charge in [0.1, 0.15) is 22.8 Å². The molecule has 0 bridgehead atoms. The summed E-state index contributed by atoms with van der Waals surface area (Å²) in [6, 6.07) is 9.32. The van der Waals surface area contributed by atoms with Crippen LogP contribution in [-0.4, -0.2) is 93.8 Å². The van der Waals surface area contributed by atoms with Crippen LogP contribution in [0.5, 0.6) is 5.75 Å². The lowest BCUT2D eigenvalue weighted by molar-refractivity contribution is -0.162. The largest absolute Gasteiger partial charge is 0.510 e. The Morgan fingerprint density at radius 2 is 1.59 bits per heavy atom. The van der Waals surface area contributed by atoms with Crippen molar-refractivity contribution in [2.75, 3.05) is 33.1 Å². The Kier molecular flexibility index (Phi) is 6.52. The second-order valence-electron chi connectivity index (χ2n) is 11.4. The highest BCUT2D eigenvalue weighted by molar-refractivity contribution is 6.25. The van der Waals surface area contributed by atoms with E-state index in [1.807, 2.05) is 31.1 Å². The van der Waals surface area contributed by atoms with Gasteiger partial charge in [-0.3, -0.25) is 19.3 Å². The summed E-state index contributed by atoms with van der Waals surface area (Å²) in [7, 11) is 6.77. The molecule has 41 heavy (non-hydrogen) atoms. The maximum atomic E-state index is 14.0. The number of amides is 1. The molecule has 0 saturated heterocycles. The zero-order chi connectivity index (χ0) is 30.3. The number of phenols is 1. The number of carbonyl (C=O) groups excluding carboxylic acids is 3. The van der Waals surface area contributed by atoms with E-state index in [0.717, 1.165) is 5.69 Å². The van der Waals surface area contributed by atoms with Crippen LogP contribution in [0.25, 0.3) is 11.1 Å². The second kappa shape index (κ2) is 9.44. The number of fused-ring (bicyclic) bond motifs is 3. The van der Waals surface area contributed by atoms with Gasteiger partial charge in [0.05, 0.1) is 23.6 Å². The van der Waals surface area contributed by atoms with Crippen molar-refractivity contribution >= 4 is 23.2 Å². The smallest absolute Gasteiger partial charge is 0.255 e. The van der Waals surface area contributed by atoms with Crippen LogP contribution < -0.4 is 10.6 Å². The number of nitrogens with zero attached hydrogens (tertiary/aromatic N) is 2. The van der Waals surface area contributed by atoms with E-state index in [1.54, 1.807) is 31.2 Å². The van der Waals surface area contributed by atoms with Crippen molar-refractivity contribution in [2.45, 2.75) is 30.6 Å². The van der Waals surface area contributed by atoms with Crippen molar-refractivity contribution in [2.24, 2.45) is 17.6 Å². The Balaban J connectivity index is 1.73. The molecule has 216 valence electrons. The summed E-state index contributed by atoms with van der Waals surface area (Å²) in [5, 5.41) is 57.3. The molecule has 0 spiro atoms. The summed E-state index contributed by atoms with van der Waals surface area (Å²) in [5.41, 5.74) is 3.24. The number of phenolic OH excluding ortho intramolecular Hbond substituents is 1. The van der Waals surface area contributed by atoms with E-state index in [2.05, 4.69) is 0 Å². The molecule has 11 heteroatoms. The van der Waals surface area contributed by atoms with Crippen molar-refractivity contribution in [3.05, 3.63) is 70.2 Å². The first-order chi connectivity index (χ1) is 19.2. The number of hydrogen-bond donors (Lipinski definition) is 6. The molecule has 2 aromatic rings. The second-order valence-corrected chi connectivity index (χ2v) is 11.4. The van der Waals surface area contributed by atoms with Crippen molar-refractivity contribution < 1.29 is 39.9 Å². The molecule has 7 N–H and O–H groups in total. The fraction of sp³-hybridized carbons (Fsp3) is 0.367. The molecule has 0 aromatic heterocycles. The van der Waals surface area contributed by atoms with Crippen LogP contribution in [0.3, 0.4) is 0 Å². The number of carbonyl (C=O) groups is 3. The van der Waals surface area contributed by atoms with Gasteiger partial charge >= 0.3 is 0 Å². The summed E-state index contributed by atoms with van der Waals surface area (Å²) in [6.45, 7) is 1.70. The fourth-order valence-electron chi connectivity index (χ4n) is 6.79. The predicted molar refractivity (Wildman–Crippen MR) is 150 cm³/mol. The van der Waals surface area contributed by atoms with Crippen LogP contribution in [0, 0.1) is 11.8 Å². The first kappa shape index (κ1) is 28.3. The first-order valence-electron chi connectivity index (χ1n) is 13.1. The molecule has 0 aliphatic heterocycles. The number of aliphatic hydroxyl groups excluding tert-OH is 3. The lowest BCUT2D eigenvalue weighted by atomic mass is 9.55. The minimum absolute atomic E-state index is 0.125. The van der Waals surface area contributed by atoms with E-state index in [0.29, 0.717) is 16.7 Å². The van der Waals surface area contributed by atoms with E-state index < -0.39 is 75.6 Å². The topological polar surface area (TPSA) is 185 Å². The van der Waals surface area contributed by atoms with Crippen molar-refractivity contribution in [1.82, 2.24) is 4.90 Å². The monoisotopic (exact) mass is 563 g/mol. The van der Waals surface area contributed by atoms with Gasteiger partial charge < -0.3 is 36.2 Å². The van der Waals surface area contributed by atoms with E-state index >= 15 is 0 Å². The number of rotatable bonds is 4.